The van der Waals surface area contributed by atoms with Crippen LogP contribution >= 0.6 is 11.3 Å². The number of amides is 2. The van der Waals surface area contributed by atoms with E-state index in [1.165, 1.54) is 16.2 Å². The first-order chi connectivity index (χ1) is 12.0. The number of thiophene rings is 1. The van der Waals surface area contributed by atoms with Crippen LogP contribution in [0.15, 0.2) is 36.4 Å². The van der Waals surface area contributed by atoms with E-state index in [4.69, 9.17) is 0 Å². The van der Waals surface area contributed by atoms with Crippen molar-refractivity contribution in [3.8, 4) is 0 Å². The van der Waals surface area contributed by atoms with Gasteiger partial charge in [-0.1, -0.05) is 25.1 Å². The summed E-state index contributed by atoms with van der Waals surface area (Å²) >= 11 is 1.46. The zero-order chi connectivity index (χ0) is 18.0. The quantitative estimate of drug-likeness (QED) is 0.705. The molecule has 0 unspecified atom stereocenters. The molecule has 2 heterocycles. The van der Waals surface area contributed by atoms with E-state index in [9.17, 15) is 9.59 Å². The first-order valence-corrected chi connectivity index (χ1v) is 9.04. The van der Waals surface area contributed by atoms with Crippen molar-refractivity contribution in [2.24, 2.45) is 0 Å². The Balaban J connectivity index is 1.64. The topological polar surface area (TPSA) is 63.1 Å². The minimum Gasteiger partial charge on any atom is -0.335 e. The third-order valence-corrected chi connectivity index (χ3v) is 5.58. The van der Waals surface area contributed by atoms with E-state index in [2.05, 4.69) is 17.8 Å². The molecular formula is C19H21N3O2S. The molecule has 0 fully saturated rings. The highest BCUT2D eigenvalue weighted by Crippen LogP contribution is 2.22. The van der Waals surface area contributed by atoms with Crippen LogP contribution in [0.25, 0.3) is 10.9 Å². The van der Waals surface area contributed by atoms with Gasteiger partial charge in [0.25, 0.3) is 11.8 Å². The average Bonchev–Trinajstić information content (AvgIpc) is 3.13. The van der Waals surface area contributed by atoms with Crippen LogP contribution < -0.4 is 10.9 Å². The van der Waals surface area contributed by atoms with E-state index in [0.29, 0.717) is 4.88 Å². The van der Waals surface area contributed by atoms with Crippen LogP contribution in [0, 0.1) is 13.8 Å². The van der Waals surface area contributed by atoms with Crippen molar-refractivity contribution in [1.29, 1.82) is 0 Å². The van der Waals surface area contributed by atoms with E-state index in [-0.39, 0.29) is 18.4 Å². The summed E-state index contributed by atoms with van der Waals surface area (Å²) in [6.45, 7) is 6.17. The van der Waals surface area contributed by atoms with Crippen LogP contribution in [0.1, 0.15) is 32.7 Å². The number of aryl methyl sites for hydroxylation is 3. The van der Waals surface area contributed by atoms with Crippen molar-refractivity contribution in [2.45, 2.75) is 33.7 Å². The van der Waals surface area contributed by atoms with Gasteiger partial charge in [-0.2, -0.15) is 0 Å². The predicted molar refractivity (Wildman–Crippen MR) is 101 cm³/mol. The number of para-hydroxylation sites is 1. The molecule has 2 aromatic heterocycles. The molecule has 130 valence electrons. The van der Waals surface area contributed by atoms with Crippen molar-refractivity contribution >= 4 is 34.1 Å². The Kier molecular flexibility index (Phi) is 4.90. The number of carbonyl (C=O) groups is 2. The molecule has 3 aromatic rings. The van der Waals surface area contributed by atoms with Crippen molar-refractivity contribution < 1.29 is 9.59 Å². The summed E-state index contributed by atoms with van der Waals surface area (Å²) in [5.41, 5.74) is 8.12. The Morgan fingerprint density at radius 1 is 1.12 bits per heavy atom. The maximum atomic E-state index is 12.2. The zero-order valence-corrected chi connectivity index (χ0v) is 15.4. The number of nitrogens with zero attached hydrogens (tertiary/aromatic N) is 1. The lowest BCUT2D eigenvalue weighted by atomic mass is 10.2. The molecule has 5 nitrogen and oxygen atoms in total. The highest BCUT2D eigenvalue weighted by Gasteiger charge is 2.13. The molecule has 3 rings (SSSR count). The third-order valence-electron chi connectivity index (χ3n) is 4.20. The van der Waals surface area contributed by atoms with Crippen molar-refractivity contribution in [2.75, 3.05) is 0 Å². The fraction of sp³-hybridized carbons (Fsp3) is 0.263. The Hall–Kier alpha value is -2.60. The summed E-state index contributed by atoms with van der Waals surface area (Å²) in [6.07, 6.45) is 0.899. The summed E-state index contributed by atoms with van der Waals surface area (Å²) in [6, 6.07) is 11.8. The maximum Gasteiger partial charge on any atom is 0.279 e. The zero-order valence-electron chi connectivity index (χ0n) is 14.6. The minimum absolute atomic E-state index is 0.156. The number of rotatable bonds is 4. The number of aromatic nitrogens is 1. The van der Waals surface area contributed by atoms with E-state index < -0.39 is 0 Å². The van der Waals surface area contributed by atoms with Crippen LogP contribution in [0.4, 0.5) is 0 Å². The number of fused-ring (bicyclic) bond motifs is 1. The standard InChI is InChI=1S/C19H21N3O2S/c1-4-16-12(2)9-17(25-16)19(24)21-20-18(23)11-22-13(3)10-14-7-5-6-8-15(14)22/h5-10H,4,11H2,1-3H3,(H,20,23)(H,21,24). The summed E-state index contributed by atoms with van der Waals surface area (Å²) in [7, 11) is 0. The molecule has 2 N–H and O–H groups in total. The van der Waals surface area contributed by atoms with Crippen LogP contribution in [-0.4, -0.2) is 16.4 Å². The molecule has 2 amide bonds. The molecule has 0 saturated carbocycles. The Morgan fingerprint density at radius 3 is 2.60 bits per heavy atom. The highest BCUT2D eigenvalue weighted by atomic mass is 32.1. The van der Waals surface area contributed by atoms with Crippen molar-refractivity contribution in [1.82, 2.24) is 15.4 Å². The second-order valence-electron chi connectivity index (χ2n) is 6.00. The summed E-state index contributed by atoms with van der Waals surface area (Å²) in [4.78, 5) is 26.2. The van der Waals surface area contributed by atoms with Crippen LogP contribution in [-0.2, 0) is 17.8 Å². The van der Waals surface area contributed by atoms with Gasteiger partial charge in [-0.05, 0) is 49.4 Å². The number of hydrogen-bond acceptors (Lipinski definition) is 3. The molecule has 0 aliphatic carbocycles. The molecule has 0 aliphatic heterocycles. The van der Waals surface area contributed by atoms with E-state index in [1.54, 1.807) is 0 Å². The number of carbonyl (C=O) groups excluding carboxylic acids is 2. The third kappa shape index (κ3) is 3.58. The Morgan fingerprint density at radius 2 is 1.88 bits per heavy atom. The fourth-order valence-electron chi connectivity index (χ4n) is 2.91. The van der Waals surface area contributed by atoms with Crippen molar-refractivity contribution in [3.63, 3.8) is 0 Å². The summed E-state index contributed by atoms with van der Waals surface area (Å²) < 4.78 is 1.93. The van der Waals surface area contributed by atoms with Gasteiger partial charge in [0, 0.05) is 16.1 Å². The number of hydrogen-bond donors (Lipinski definition) is 2. The smallest absolute Gasteiger partial charge is 0.279 e. The Labute approximate surface area is 150 Å². The van der Waals surface area contributed by atoms with Gasteiger partial charge in [-0.25, -0.2) is 0 Å². The number of hydrazine groups is 1. The van der Waals surface area contributed by atoms with Gasteiger partial charge in [0.15, 0.2) is 0 Å². The minimum atomic E-state index is -0.282. The van der Waals surface area contributed by atoms with Gasteiger partial charge in [-0.15, -0.1) is 11.3 Å². The first kappa shape index (κ1) is 17.2. The molecule has 0 radical (unpaired) electrons. The molecule has 0 saturated heterocycles. The lowest BCUT2D eigenvalue weighted by molar-refractivity contribution is -0.122. The van der Waals surface area contributed by atoms with Crippen molar-refractivity contribution in [3.05, 3.63) is 57.4 Å². The molecule has 0 bridgehead atoms. The predicted octanol–water partition coefficient (Wildman–Crippen LogP) is 3.34. The number of benzene rings is 1. The normalized spacial score (nSPS) is 10.8. The summed E-state index contributed by atoms with van der Waals surface area (Å²) in [5, 5.41) is 1.10. The molecular weight excluding hydrogens is 334 g/mol. The molecule has 1 aromatic carbocycles. The van der Waals surface area contributed by atoms with Gasteiger partial charge in [0.05, 0.1) is 4.88 Å². The van der Waals surface area contributed by atoms with E-state index in [1.807, 2.05) is 54.8 Å². The second-order valence-corrected chi connectivity index (χ2v) is 7.14. The number of nitrogens with one attached hydrogen (secondary N) is 2. The van der Waals surface area contributed by atoms with Crippen LogP contribution in [0.2, 0.25) is 0 Å². The lowest BCUT2D eigenvalue weighted by Gasteiger charge is -2.10. The van der Waals surface area contributed by atoms with E-state index in [0.717, 1.165) is 28.6 Å². The van der Waals surface area contributed by atoms with Gasteiger partial charge in [0.2, 0.25) is 0 Å². The molecule has 0 aliphatic rings. The summed E-state index contributed by atoms with van der Waals surface area (Å²) in [5.74, 6) is -0.544. The first-order valence-electron chi connectivity index (χ1n) is 8.23. The molecule has 0 spiro atoms. The second kappa shape index (κ2) is 7.11. The molecule has 25 heavy (non-hydrogen) atoms. The van der Waals surface area contributed by atoms with Gasteiger partial charge in [0.1, 0.15) is 6.54 Å². The van der Waals surface area contributed by atoms with E-state index >= 15 is 0 Å². The van der Waals surface area contributed by atoms with Gasteiger partial charge >= 0.3 is 0 Å². The average molecular weight is 355 g/mol. The maximum absolute atomic E-state index is 12.2. The fourth-order valence-corrected chi connectivity index (χ4v) is 3.92. The van der Waals surface area contributed by atoms with Crippen LogP contribution in [0.3, 0.4) is 0 Å². The monoisotopic (exact) mass is 355 g/mol. The molecule has 6 heteroatoms. The highest BCUT2D eigenvalue weighted by molar-refractivity contribution is 7.14. The van der Waals surface area contributed by atoms with Gasteiger partial charge < -0.3 is 4.57 Å². The largest absolute Gasteiger partial charge is 0.335 e. The lowest BCUT2D eigenvalue weighted by Crippen LogP contribution is -2.43. The Bertz CT molecular complexity index is 939. The van der Waals surface area contributed by atoms with Crippen LogP contribution in [0.5, 0.6) is 0 Å². The SMILES string of the molecule is CCc1sc(C(=O)NNC(=O)Cn2c(C)cc3ccccc32)cc1C. The van der Waals surface area contributed by atoms with Gasteiger partial charge in [-0.3, -0.25) is 20.4 Å². The molecule has 0 atom stereocenters.